The van der Waals surface area contributed by atoms with Gasteiger partial charge >= 0.3 is 6.09 Å². The van der Waals surface area contributed by atoms with Crippen LogP contribution < -0.4 is 15.4 Å². The molecule has 1 heterocycles. The van der Waals surface area contributed by atoms with Crippen LogP contribution in [0.25, 0.3) is 0 Å². The van der Waals surface area contributed by atoms with Crippen LogP contribution in [0.4, 0.5) is 4.79 Å². The van der Waals surface area contributed by atoms with E-state index in [0.29, 0.717) is 19.5 Å². The first-order chi connectivity index (χ1) is 13.1. The van der Waals surface area contributed by atoms with Crippen LogP contribution in [0.2, 0.25) is 0 Å². The third-order valence-electron chi connectivity index (χ3n) is 5.04. The number of carbonyl (C=O) groups excluding carboxylic acids is 1. The zero-order valence-corrected chi connectivity index (χ0v) is 16.6. The molecule has 3 N–H and O–H groups in total. The lowest BCUT2D eigenvalue weighted by molar-refractivity contribution is 0.0189. The quantitative estimate of drug-likeness (QED) is 0.533. The minimum Gasteiger partial charge on any atom is -0.497 e. The van der Waals surface area contributed by atoms with Crippen LogP contribution in [-0.4, -0.2) is 74.2 Å². The second-order valence-corrected chi connectivity index (χ2v) is 6.81. The second kappa shape index (κ2) is 11.1. The second-order valence-electron chi connectivity index (χ2n) is 6.81. The Hall–Kier alpha value is -1.83. The number of benzene rings is 1. The summed E-state index contributed by atoms with van der Waals surface area (Å²) in [5.41, 5.74) is 1.09. The van der Waals surface area contributed by atoms with Crippen LogP contribution in [0.15, 0.2) is 24.3 Å². The Labute approximate surface area is 162 Å². The molecule has 0 radical (unpaired) electrons. The highest BCUT2D eigenvalue weighted by Gasteiger charge is 2.37. The topological polar surface area (TPSA) is 83.1 Å². The molecular formula is C20H33N3O4. The highest BCUT2D eigenvalue weighted by atomic mass is 16.6. The fourth-order valence-corrected chi connectivity index (χ4v) is 3.34. The highest BCUT2D eigenvalue weighted by molar-refractivity contribution is 5.67. The average Bonchev–Trinajstić information content (AvgIpc) is 3.02. The maximum Gasteiger partial charge on any atom is 0.407 e. The molecular weight excluding hydrogens is 346 g/mol. The molecule has 3 atom stereocenters. The Morgan fingerprint density at radius 3 is 2.63 bits per heavy atom. The summed E-state index contributed by atoms with van der Waals surface area (Å²) in [5.74, 6) is 0.801. The summed E-state index contributed by atoms with van der Waals surface area (Å²) < 4.78 is 10.7. The highest BCUT2D eigenvalue weighted by Crippen LogP contribution is 2.19. The van der Waals surface area contributed by atoms with Crippen LogP contribution in [0.5, 0.6) is 5.75 Å². The monoisotopic (exact) mass is 379 g/mol. The Balaban J connectivity index is 1.79. The van der Waals surface area contributed by atoms with E-state index in [1.807, 2.05) is 24.3 Å². The van der Waals surface area contributed by atoms with E-state index in [0.717, 1.165) is 37.4 Å². The number of carbonyl (C=O) groups is 1. The summed E-state index contributed by atoms with van der Waals surface area (Å²) in [6.45, 7) is 8.20. The molecule has 0 unspecified atom stereocenters. The van der Waals surface area contributed by atoms with Gasteiger partial charge in [-0.25, -0.2) is 4.79 Å². The normalized spacial score (nSPS) is 22.0. The summed E-state index contributed by atoms with van der Waals surface area (Å²) in [6, 6.07) is 7.65. The summed E-state index contributed by atoms with van der Waals surface area (Å²) >= 11 is 0. The molecule has 1 aromatic rings. The summed E-state index contributed by atoms with van der Waals surface area (Å²) in [7, 11) is 1.63. The van der Waals surface area contributed by atoms with E-state index >= 15 is 0 Å². The van der Waals surface area contributed by atoms with Gasteiger partial charge in [-0.3, -0.25) is 0 Å². The molecule has 1 fully saturated rings. The van der Waals surface area contributed by atoms with E-state index in [2.05, 4.69) is 29.4 Å². The van der Waals surface area contributed by atoms with Crippen LogP contribution in [-0.2, 0) is 11.2 Å². The maximum absolute atomic E-state index is 12.1. The number of aliphatic hydroxyl groups is 1. The predicted molar refractivity (Wildman–Crippen MR) is 105 cm³/mol. The molecule has 27 heavy (non-hydrogen) atoms. The van der Waals surface area contributed by atoms with E-state index < -0.39 is 18.3 Å². The van der Waals surface area contributed by atoms with Crippen molar-refractivity contribution in [3.8, 4) is 5.75 Å². The molecule has 1 aliphatic heterocycles. The number of rotatable bonds is 10. The van der Waals surface area contributed by atoms with E-state index in [4.69, 9.17) is 9.47 Å². The molecule has 1 aliphatic rings. The van der Waals surface area contributed by atoms with Gasteiger partial charge in [-0.2, -0.15) is 0 Å². The van der Waals surface area contributed by atoms with Gasteiger partial charge in [0, 0.05) is 13.1 Å². The van der Waals surface area contributed by atoms with Gasteiger partial charge in [-0.1, -0.05) is 26.0 Å². The van der Waals surface area contributed by atoms with Gasteiger partial charge in [-0.05, 0) is 50.2 Å². The van der Waals surface area contributed by atoms with Gasteiger partial charge < -0.3 is 30.1 Å². The molecule has 0 spiro atoms. The van der Waals surface area contributed by atoms with Crippen LogP contribution in [0.1, 0.15) is 25.8 Å². The summed E-state index contributed by atoms with van der Waals surface area (Å²) in [5, 5.41) is 16.2. The van der Waals surface area contributed by atoms with Crippen molar-refractivity contribution >= 4 is 6.09 Å². The fourth-order valence-electron chi connectivity index (χ4n) is 3.34. The number of hydrogen-bond acceptors (Lipinski definition) is 6. The average molecular weight is 380 g/mol. The zero-order chi connectivity index (χ0) is 19.6. The van der Waals surface area contributed by atoms with E-state index in [1.165, 1.54) is 0 Å². The molecule has 1 saturated heterocycles. The summed E-state index contributed by atoms with van der Waals surface area (Å²) in [6.07, 6.45) is -0.190. The first-order valence-corrected chi connectivity index (χ1v) is 9.78. The van der Waals surface area contributed by atoms with Crippen molar-refractivity contribution in [1.82, 2.24) is 15.5 Å². The van der Waals surface area contributed by atoms with Gasteiger partial charge in [0.05, 0.1) is 13.2 Å². The van der Waals surface area contributed by atoms with E-state index in [9.17, 15) is 9.90 Å². The Bertz CT molecular complexity index is 563. The Morgan fingerprint density at radius 1 is 1.30 bits per heavy atom. The molecule has 0 saturated carbocycles. The molecule has 1 aromatic carbocycles. The number of nitrogens with one attached hydrogen (secondary N) is 2. The van der Waals surface area contributed by atoms with Crippen molar-refractivity contribution in [3.05, 3.63) is 29.8 Å². The molecule has 152 valence electrons. The van der Waals surface area contributed by atoms with Crippen LogP contribution in [0.3, 0.4) is 0 Å². The number of amides is 1. The van der Waals surface area contributed by atoms with Gasteiger partial charge in [0.1, 0.15) is 18.0 Å². The van der Waals surface area contributed by atoms with E-state index in [1.54, 1.807) is 7.11 Å². The summed E-state index contributed by atoms with van der Waals surface area (Å²) in [4.78, 5) is 14.4. The molecule has 1 amide bonds. The van der Waals surface area contributed by atoms with Crippen molar-refractivity contribution in [2.75, 3.05) is 39.8 Å². The molecule has 0 bridgehead atoms. The SMILES string of the molecule is CCN(CC)CCCNC(=O)O[C@@H]1[C@@H](O)CN[C@@H]1Cc1ccc(OC)cc1. The minimum atomic E-state index is -0.699. The lowest BCUT2D eigenvalue weighted by Gasteiger charge is -2.22. The van der Waals surface area contributed by atoms with Crippen molar-refractivity contribution in [2.24, 2.45) is 0 Å². The first kappa shape index (κ1) is 21.5. The number of alkyl carbamates (subject to hydrolysis) is 1. The van der Waals surface area contributed by atoms with Crippen molar-refractivity contribution in [3.63, 3.8) is 0 Å². The molecule has 7 heteroatoms. The van der Waals surface area contributed by atoms with Crippen molar-refractivity contribution in [1.29, 1.82) is 0 Å². The Morgan fingerprint density at radius 2 is 2.00 bits per heavy atom. The predicted octanol–water partition coefficient (Wildman–Crippen LogP) is 1.40. The lowest BCUT2D eigenvalue weighted by Crippen LogP contribution is -2.42. The van der Waals surface area contributed by atoms with Crippen LogP contribution >= 0.6 is 0 Å². The lowest BCUT2D eigenvalue weighted by atomic mass is 10.0. The molecule has 2 rings (SSSR count). The number of ether oxygens (including phenoxy) is 2. The van der Waals surface area contributed by atoms with Crippen LogP contribution in [0, 0.1) is 0 Å². The van der Waals surface area contributed by atoms with Crippen molar-refractivity contribution in [2.45, 2.75) is 44.9 Å². The largest absolute Gasteiger partial charge is 0.497 e. The number of nitrogens with zero attached hydrogens (tertiary/aromatic N) is 1. The smallest absolute Gasteiger partial charge is 0.407 e. The van der Waals surface area contributed by atoms with Gasteiger partial charge in [0.15, 0.2) is 0 Å². The molecule has 7 nitrogen and oxygen atoms in total. The zero-order valence-electron chi connectivity index (χ0n) is 16.6. The van der Waals surface area contributed by atoms with Gasteiger partial charge in [-0.15, -0.1) is 0 Å². The van der Waals surface area contributed by atoms with Gasteiger partial charge in [0.2, 0.25) is 0 Å². The number of hydrogen-bond donors (Lipinski definition) is 3. The third-order valence-corrected chi connectivity index (χ3v) is 5.04. The number of aliphatic hydroxyl groups excluding tert-OH is 1. The molecule has 0 aliphatic carbocycles. The fraction of sp³-hybridized carbons (Fsp3) is 0.650. The molecule has 0 aromatic heterocycles. The third kappa shape index (κ3) is 6.68. The standard InChI is InChI=1S/C20H33N3O4/c1-4-23(5-2)12-6-11-21-20(25)27-19-17(22-14-18(19)24)13-15-7-9-16(26-3)10-8-15/h7-10,17-19,22,24H,4-6,11-14H2,1-3H3,(H,21,25)/t17-,18+,19+/m1/s1. The van der Waals surface area contributed by atoms with E-state index in [-0.39, 0.29) is 6.04 Å². The first-order valence-electron chi connectivity index (χ1n) is 9.78. The van der Waals surface area contributed by atoms with Gasteiger partial charge in [0.25, 0.3) is 0 Å². The Kier molecular flexibility index (Phi) is 8.84. The minimum absolute atomic E-state index is 0.116. The number of methoxy groups -OCH3 is 1. The number of β-amino-alcohol motifs (C(OH)–C–C–N with tert-alkyl or cyclic N) is 1. The van der Waals surface area contributed by atoms with Crippen molar-refractivity contribution < 1.29 is 19.4 Å². The maximum atomic E-state index is 12.1.